The number of hydrogen-bond donors (Lipinski definition) is 3. The molecule has 0 bridgehead atoms. The fourth-order valence-electron chi connectivity index (χ4n) is 2.72. The van der Waals surface area contributed by atoms with Crippen molar-refractivity contribution in [2.75, 3.05) is 11.9 Å². The van der Waals surface area contributed by atoms with Crippen molar-refractivity contribution in [3.8, 4) is 11.3 Å². The van der Waals surface area contributed by atoms with E-state index in [9.17, 15) is 14.4 Å². The van der Waals surface area contributed by atoms with Gasteiger partial charge in [0.05, 0.1) is 16.9 Å². The number of anilines is 1. The third-order valence-corrected chi connectivity index (χ3v) is 4.67. The number of H-pyrrole nitrogens is 1. The number of halogens is 1. The number of aromatic amines is 1. The van der Waals surface area contributed by atoms with Crippen molar-refractivity contribution in [3.05, 3.63) is 70.3 Å². The van der Waals surface area contributed by atoms with Crippen LogP contribution in [0, 0.1) is 0 Å². The molecule has 0 aliphatic rings. The molecule has 0 unspecified atom stereocenters. The summed E-state index contributed by atoms with van der Waals surface area (Å²) in [5, 5.41) is 12.1. The molecule has 1 aromatic heterocycles. The monoisotopic (exact) mass is 484 g/mol. The topological polar surface area (TPSA) is 113 Å². The Kier molecular flexibility index (Phi) is 7.19. The Morgan fingerprint density at radius 1 is 1.10 bits per heavy atom. The second kappa shape index (κ2) is 10.0. The molecule has 160 valence electrons. The number of benzene rings is 2. The molecule has 0 fully saturated rings. The van der Waals surface area contributed by atoms with Crippen molar-refractivity contribution in [3.63, 3.8) is 0 Å². The molecule has 2 aromatic carbocycles. The van der Waals surface area contributed by atoms with E-state index in [1.54, 1.807) is 30.3 Å². The number of nitrogens with one attached hydrogen (secondary N) is 3. The Balaban J connectivity index is 1.59. The van der Waals surface area contributed by atoms with Gasteiger partial charge in [0.1, 0.15) is 5.69 Å². The number of ether oxygens (including phenoxy) is 1. The summed E-state index contributed by atoms with van der Waals surface area (Å²) in [6.07, 6.45) is 0. The highest BCUT2D eigenvalue weighted by atomic mass is 79.9. The fraction of sp³-hybridized carbons (Fsp3) is 0.182. The Morgan fingerprint density at radius 3 is 2.52 bits per heavy atom. The van der Waals surface area contributed by atoms with Crippen LogP contribution in [0.2, 0.25) is 0 Å². The highest BCUT2D eigenvalue weighted by Crippen LogP contribution is 2.21. The number of esters is 1. The highest BCUT2D eigenvalue weighted by Gasteiger charge is 2.17. The summed E-state index contributed by atoms with van der Waals surface area (Å²) in [6, 6.07) is 15.6. The van der Waals surface area contributed by atoms with Gasteiger partial charge in [0.25, 0.3) is 11.8 Å². The Labute approximate surface area is 187 Å². The number of carbonyl (C=O) groups is 3. The second-order valence-corrected chi connectivity index (χ2v) is 7.89. The molecule has 0 radical (unpaired) electrons. The van der Waals surface area contributed by atoms with Crippen LogP contribution in [0.25, 0.3) is 11.3 Å². The molecular weight excluding hydrogens is 464 g/mol. The lowest BCUT2D eigenvalue weighted by Gasteiger charge is -2.13. The standard InChI is InChI=1S/C22H21BrN4O4/c1-13(2)24-21(29)16-5-3-4-6-17(16)25-20(28)12-31-22(30)19-11-18(26-27-19)14-7-9-15(23)10-8-14/h3-11,13H,12H2,1-2H3,(H,24,29)(H,25,28)(H,26,27). The third-order valence-electron chi connectivity index (χ3n) is 4.14. The van der Waals surface area contributed by atoms with E-state index in [1.807, 2.05) is 38.1 Å². The van der Waals surface area contributed by atoms with Crippen LogP contribution in [0.1, 0.15) is 34.7 Å². The summed E-state index contributed by atoms with van der Waals surface area (Å²) < 4.78 is 6.00. The summed E-state index contributed by atoms with van der Waals surface area (Å²) in [4.78, 5) is 36.8. The van der Waals surface area contributed by atoms with Crippen LogP contribution in [0.4, 0.5) is 5.69 Å². The molecule has 8 nitrogen and oxygen atoms in total. The predicted molar refractivity (Wildman–Crippen MR) is 120 cm³/mol. The van der Waals surface area contributed by atoms with Crippen LogP contribution in [0.3, 0.4) is 0 Å². The van der Waals surface area contributed by atoms with E-state index in [-0.39, 0.29) is 17.6 Å². The van der Waals surface area contributed by atoms with E-state index in [4.69, 9.17) is 4.74 Å². The van der Waals surface area contributed by atoms with E-state index in [1.165, 1.54) is 0 Å². The Morgan fingerprint density at radius 2 is 1.81 bits per heavy atom. The molecule has 0 aliphatic carbocycles. The molecular formula is C22H21BrN4O4. The number of nitrogens with zero attached hydrogens (tertiary/aromatic N) is 1. The van der Waals surface area contributed by atoms with Crippen molar-refractivity contribution in [1.82, 2.24) is 15.5 Å². The van der Waals surface area contributed by atoms with Crippen LogP contribution >= 0.6 is 15.9 Å². The second-order valence-electron chi connectivity index (χ2n) is 6.97. The molecule has 3 N–H and O–H groups in total. The zero-order valence-corrected chi connectivity index (χ0v) is 18.5. The number of hydrogen-bond acceptors (Lipinski definition) is 5. The van der Waals surface area contributed by atoms with Crippen LogP contribution < -0.4 is 10.6 Å². The van der Waals surface area contributed by atoms with Gasteiger partial charge in [-0.15, -0.1) is 0 Å². The van der Waals surface area contributed by atoms with Gasteiger partial charge in [-0.1, -0.05) is 40.2 Å². The lowest BCUT2D eigenvalue weighted by atomic mass is 10.1. The van der Waals surface area contributed by atoms with Crippen LogP contribution in [-0.4, -0.2) is 40.6 Å². The van der Waals surface area contributed by atoms with Gasteiger partial charge in [-0.3, -0.25) is 14.7 Å². The maximum atomic E-state index is 12.3. The maximum absolute atomic E-state index is 12.3. The molecule has 3 aromatic rings. The first kappa shape index (κ1) is 22.2. The first-order chi connectivity index (χ1) is 14.8. The van der Waals surface area contributed by atoms with Gasteiger partial charge in [0.15, 0.2) is 6.61 Å². The van der Waals surface area contributed by atoms with Crippen molar-refractivity contribution < 1.29 is 19.1 Å². The van der Waals surface area contributed by atoms with Gasteiger partial charge in [0, 0.05) is 16.1 Å². The molecule has 0 atom stereocenters. The number of amides is 2. The van der Waals surface area contributed by atoms with Crippen LogP contribution in [0.15, 0.2) is 59.1 Å². The first-order valence-electron chi connectivity index (χ1n) is 9.51. The van der Waals surface area contributed by atoms with Crippen molar-refractivity contribution in [2.24, 2.45) is 0 Å². The fourth-order valence-corrected chi connectivity index (χ4v) is 2.98. The number of carbonyl (C=O) groups excluding carboxylic acids is 3. The maximum Gasteiger partial charge on any atom is 0.356 e. The van der Waals surface area contributed by atoms with Crippen LogP contribution in [0.5, 0.6) is 0 Å². The summed E-state index contributed by atoms with van der Waals surface area (Å²) in [6.45, 7) is 3.18. The predicted octanol–water partition coefficient (Wildman–Crippen LogP) is 3.77. The van der Waals surface area contributed by atoms with E-state index in [2.05, 4.69) is 36.8 Å². The van der Waals surface area contributed by atoms with Crippen molar-refractivity contribution >= 4 is 39.4 Å². The van der Waals surface area contributed by atoms with Crippen LogP contribution in [-0.2, 0) is 9.53 Å². The number of para-hydroxylation sites is 1. The number of aromatic nitrogens is 2. The number of rotatable bonds is 7. The largest absolute Gasteiger partial charge is 0.451 e. The summed E-state index contributed by atoms with van der Waals surface area (Å²) in [5.74, 6) is -1.58. The SMILES string of the molecule is CC(C)NC(=O)c1ccccc1NC(=O)COC(=O)c1cc(-c2ccc(Br)cc2)n[nH]1. The van der Waals surface area contributed by atoms with E-state index < -0.39 is 18.5 Å². The minimum Gasteiger partial charge on any atom is -0.451 e. The average molecular weight is 485 g/mol. The third kappa shape index (κ3) is 6.02. The summed E-state index contributed by atoms with van der Waals surface area (Å²) in [5.41, 5.74) is 2.19. The van der Waals surface area contributed by atoms with Gasteiger partial charge >= 0.3 is 5.97 Å². The van der Waals surface area contributed by atoms with Crippen molar-refractivity contribution in [2.45, 2.75) is 19.9 Å². The normalized spacial score (nSPS) is 10.6. The van der Waals surface area contributed by atoms with Crippen molar-refractivity contribution in [1.29, 1.82) is 0 Å². The Bertz CT molecular complexity index is 1090. The molecule has 0 aliphatic heterocycles. The summed E-state index contributed by atoms with van der Waals surface area (Å²) >= 11 is 3.36. The molecule has 0 spiro atoms. The lowest BCUT2D eigenvalue weighted by Crippen LogP contribution is -2.31. The summed E-state index contributed by atoms with van der Waals surface area (Å²) in [7, 11) is 0. The molecule has 2 amide bonds. The van der Waals surface area contributed by atoms with Gasteiger partial charge in [-0.2, -0.15) is 5.10 Å². The van der Waals surface area contributed by atoms with Gasteiger partial charge in [-0.25, -0.2) is 4.79 Å². The highest BCUT2D eigenvalue weighted by molar-refractivity contribution is 9.10. The zero-order valence-electron chi connectivity index (χ0n) is 16.9. The Hall–Kier alpha value is -3.46. The first-order valence-corrected chi connectivity index (χ1v) is 10.3. The minimum atomic E-state index is -0.711. The van der Waals surface area contributed by atoms with E-state index in [0.29, 0.717) is 16.9 Å². The quantitative estimate of drug-likeness (QED) is 0.441. The zero-order chi connectivity index (χ0) is 22.4. The lowest BCUT2D eigenvalue weighted by molar-refractivity contribution is -0.119. The molecule has 3 rings (SSSR count). The van der Waals surface area contributed by atoms with Gasteiger partial charge in [-0.05, 0) is 44.2 Å². The van der Waals surface area contributed by atoms with Gasteiger partial charge in [0.2, 0.25) is 0 Å². The molecule has 31 heavy (non-hydrogen) atoms. The molecule has 1 heterocycles. The molecule has 0 saturated heterocycles. The van der Waals surface area contributed by atoms with Gasteiger partial charge < -0.3 is 15.4 Å². The minimum absolute atomic E-state index is 0.0473. The molecule has 9 heteroatoms. The van der Waals surface area contributed by atoms with E-state index >= 15 is 0 Å². The average Bonchev–Trinajstić information content (AvgIpc) is 3.23. The molecule has 0 saturated carbocycles. The smallest absolute Gasteiger partial charge is 0.356 e. The van der Waals surface area contributed by atoms with E-state index in [0.717, 1.165) is 10.0 Å².